The third-order valence-electron chi connectivity index (χ3n) is 5.57. The van der Waals surface area contributed by atoms with Gasteiger partial charge in [-0.2, -0.15) is 0 Å². The maximum atomic E-state index is 10.5. The molecular formula is C21H32N4O2S. The molecule has 1 fully saturated rings. The van der Waals surface area contributed by atoms with Crippen molar-refractivity contribution in [2.45, 2.75) is 58.6 Å². The SMILES string of the molecule is CCN(CC(C)(C)O)c1nc(CN2CCOCC2)nc2sc3c(c12)CCCC3. The number of ether oxygens (including phenoxy) is 1. The number of fused-ring (bicyclic) bond motifs is 3. The predicted molar refractivity (Wildman–Crippen MR) is 114 cm³/mol. The van der Waals surface area contributed by atoms with Gasteiger partial charge in [-0.15, -0.1) is 11.3 Å². The molecule has 1 N–H and O–H groups in total. The van der Waals surface area contributed by atoms with Crippen LogP contribution in [0.3, 0.4) is 0 Å². The first-order chi connectivity index (χ1) is 13.4. The number of aliphatic hydroxyl groups is 1. The van der Waals surface area contributed by atoms with Crippen LogP contribution in [-0.2, 0) is 24.1 Å². The molecule has 0 saturated carbocycles. The summed E-state index contributed by atoms with van der Waals surface area (Å²) < 4.78 is 5.48. The highest BCUT2D eigenvalue weighted by molar-refractivity contribution is 7.19. The smallest absolute Gasteiger partial charge is 0.146 e. The number of likely N-dealkylation sites (N-methyl/N-ethyl adjacent to an activating group) is 1. The summed E-state index contributed by atoms with van der Waals surface area (Å²) >= 11 is 1.85. The highest BCUT2D eigenvalue weighted by Crippen LogP contribution is 2.40. The van der Waals surface area contributed by atoms with Gasteiger partial charge in [-0.05, 0) is 52.0 Å². The molecule has 28 heavy (non-hydrogen) atoms. The van der Waals surface area contributed by atoms with Crippen molar-refractivity contribution in [2.75, 3.05) is 44.3 Å². The normalized spacial score (nSPS) is 18.4. The Morgan fingerprint density at radius 2 is 1.93 bits per heavy atom. The van der Waals surface area contributed by atoms with Crippen molar-refractivity contribution < 1.29 is 9.84 Å². The van der Waals surface area contributed by atoms with Gasteiger partial charge >= 0.3 is 0 Å². The van der Waals surface area contributed by atoms with Gasteiger partial charge < -0.3 is 14.7 Å². The van der Waals surface area contributed by atoms with E-state index in [4.69, 9.17) is 14.7 Å². The molecule has 6 nitrogen and oxygen atoms in total. The zero-order chi connectivity index (χ0) is 19.7. The number of morpholine rings is 1. The van der Waals surface area contributed by atoms with Gasteiger partial charge in [-0.3, -0.25) is 4.90 Å². The van der Waals surface area contributed by atoms with Crippen LogP contribution in [0.2, 0.25) is 0 Å². The average Bonchev–Trinajstić information content (AvgIpc) is 3.04. The van der Waals surface area contributed by atoms with Crippen molar-refractivity contribution in [2.24, 2.45) is 0 Å². The van der Waals surface area contributed by atoms with Crippen LogP contribution in [-0.4, -0.2) is 65.0 Å². The maximum Gasteiger partial charge on any atom is 0.146 e. The molecule has 0 unspecified atom stereocenters. The molecule has 2 aromatic heterocycles. The fourth-order valence-corrected chi connectivity index (χ4v) is 5.52. The van der Waals surface area contributed by atoms with Gasteiger partial charge in [-0.25, -0.2) is 9.97 Å². The molecule has 1 aliphatic heterocycles. The average molecular weight is 405 g/mol. The van der Waals surface area contributed by atoms with Gasteiger partial charge in [0.15, 0.2) is 0 Å². The Hall–Kier alpha value is -1.28. The standard InChI is InChI=1S/C21H32N4O2S/c1-4-25(14-21(2,3)26)19-18-15-7-5-6-8-16(15)28-20(18)23-17(22-19)13-24-9-11-27-12-10-24/h26H,4-14H2,1-3H3. The van der Waals surface area contributed by atoms with E-state index >= 15 is 0 Å². The Balaban J connectivity index is 1.77. The summed E-state index contributed by atoms with van der Waals surface area (Å²) in [6.45, 7) is 11.4. The van der Waals surface area contributed by atoms with Crippen molar-refractivity contribution >= 4 is 27.4 Å². The number of hydrogen-bond donors (Lipinski definition) is 1. The molecule has 0 spiro atoms. The highest BCUT2D eigenvalue weighted by atomic mass is 32.1. The zero-order valence-electron chi connectivity index (χ0n) is 17.3. The fourth-order valence-electron chi connectivity index (χ4n) is 4.24. The first-order valence-electron chi connectivity index (χ1n) is 10.5. The topological polar surface area (TPSA) is 61.7 Å². The minimum Gasteiger partial charge on any atom is -0.389 e. The van der Waals surface area contributed by atoms with Gasteiger partial charge in [-0.1, -0.05) is 0 Å². The highest BCUT2D eigenvalue weighted by Gasteiger charge is 2.26. The Kier molecular flexibility index (Phi) is 5.88. The molecule has 0 amide bonds. The van der Waals surface area contributed by atoms with Crippen molar-refractivity contribution in [1.29, 1.82) is 0 Å². The first kappa shape index (κ1) is 20.0. The summed E-state index contributed by atoms with van der Waals surface area (Å²) in [4.78, 5) is 17.2. The van der Waals surface area contributed by atoms with Crippen LogP contribution in [0.25, 0.3) is 10.2 Å². The third kappa shape index (κ3) is 4.32. The van der Waals surface area contributed by atoms with Crippen LogP contribution in [0, 0.1) is 0 Å². The van der Waals surface area contributed by atoms with Gasteiger partial charge in [0.05, 0.1) is 30.7 Å². The number of nitrogens with zero attached hydrogens (tertiary/aromatic N) is 4. The van der Waals surface area contributed by atoms with Gasteiger partial charge in [0.2, 0.25) is 0 Å². The fraction of sp³-hybridized carbons (Fsp3) is 0.714. The summed E-state index contributed by atoms with van der Waals surface area (Å²) in [7, 11) is 0. The van der Waals surface area contributed by atoms with E-state index in [0.29, 0.717) is 6.54 Å². The van der Waals surface area contributed by atoms with Crippen LogP contribution >= 0.6 is 11.3 Å². The number of anilines is 1. The molecule has 154 valence electrons. The van der Waals surface area contributed by atoms with E-state index in [-0.39, 0.29) is 0 Å². The lowest BCUT2D eigenvalue weighted by molar-refractivity contribution is 0.0331. The van der Waals surface area contributed by atoms with E-state index in [1.54, 1.807) is 0 Å². The molecule has 0 radical (unpaired) electrons. The molecule has 0 bridgehead atoms. The van der Waals surface area contributed by atoms with E-state index in [1.165, 1.54) is 28.7 Å². The third-order valence-corrected chi connectivity index (χ3v) is 6.76. The quantitative estimate of drug-likeness (QED) is 0.799. The van der Waals surface area contributed by atoms with Crippen molar-refractivity contribution in [3.05, 3.63) is 16.3 Å². The Morgan fingerprint density at radius 3 is 2.64 bits per heavy atom. The summed E-state index contributed by atoms with van der Waals surface area (Å²) in [5.41, 5.74) is 0.682. The zero-order valence-corrected chi connectivity index (χ0v) is 18.1. The van der Waals surface area contributed by atoms with Crippen LogP contribution in [0.1, 0.15) is 49.9 Å². The molecule has 2 aromatic rings. The monoisotopic (exact) mass is 404 g/mol. The molecule has 4 rings (SSSR count). The van der Waals surface area contributed by atoms with Crippen LogP contribution in [0.5, 0.6) is 0 Å². The van der Waals surface area contributed by atoms with E-state index in [2.05, 4.69) is 16.7 Å². The second-order valence-electron chi connectivity index (χ2n) is 8.57. The predicted octanol–water partition coefficient (Wildman–Crippen LogP) is 3.00. The van der Waals surface area contributed by atoms with Crippen LogP contribution < -0.4 is 4.90 Å². The van der Waals surface area contributed by atoms with Crippen LogP contribution in [0.15, 0.2) is 0 Å². The molecule has 0 aromatic carbocycles. The lowest BCUT2D eigenvalue weighted by Crippen LogP contribution is -2.39. The summed E-state index contributed by atoms with van der Waals surface area (Å²) in [6.07, 6.45) is 4.79. The first-order valence-corrected chi connectivity index (χ1v) is 11.3. The molecule has 0 atom stereocenters. The van der Waals surface area contributed by atoms with Gasteiger partial charge in [0.25, 0.3) is 0 Å². The number of hydrogen-bond acceptors (Lipinski definition) is 7. The van der Waals surface area contributed by atoms with E-state index in [0.717, 1.165) is 68.7 Å². The maximum absolute atomic E-state index is 10.5. The second-order valence-corrected chi connectivity index (χ2v) is 9.65. The Morgan fingerprint density at radius 1 is 1.18 bits per heavy atom. The van der Waals surface area contributed by atoms with Crippen molar-refractivity contribution in [3.8, 4) is 0 Å². The molecular weight excluding hydrogens is 372 g/mol. The lowest BCUT2D eigenvalue weighted by Gasteiger charge is -2.30. The summed E-state index contributed by atoms with van der Waals surface area (Å²) in [5.74, 6) is 1.90. The molecule has 2 aliphatic rings. The number of aromatic nitrogens is 2. The number of thiophene rings is 1. The Labute approximate surface area is 171 Å². The minimum atomic E-state index is -0.770. The lowest BCUT2D eigenvalue weighted by atomic mass is 9.96. The molecule has 1 saturated heterocycles. The van der Waals surface area contributed by atoms with E-state index < -0.39 is 5.60 Å². The van der Waals surface area contributed by atoms with Crippen LogP contribution in [0.4, 0.5) is 5.82 Å². The molecule has 1 aliphatic carbocycles. The van der Waals surface area contributed by atoms with Gasteiger partial charge in [0, 0.05) is 31.1 Å². The summed E-state index contributed by atoms with van der Waals surface area (Å²) in [5, 5.41) is 11.7. The molecule has 3 heterocycles. The summed E-state index contributed by atoms with van der Waals surface area (Å²) in [6, 6.07) is 0. The Bertz CT molecular complexity index is 824. The van der Waals surface area contributed by atoms with Crippen molar-refractivity contribution in [3.63, 3.8) is 0 Å². The minimum absolute atomic E-state index is 0.567. The number of aryl methyl sites for hydroxylation is 2. The number of rotatable bonds is 6. The molecule has 7 heteroatoms. The van der Waals surface area contributed by atoms with Gasteiger partial charge in [0.1, 0.15) is 16.5 Å². The second kappa shape index (κ2) is 8.22. The van der Waals surface area contributed by atoms with E-state index in [1.807, 2.05) is 25.2 Å². The van der Waals surface area contributed by atoms with E-state index in [9.17, 15) is 5.11 Å². The van der Waals surface area contributed by atoms with Crippen molar-refractivity contribution in [1.82, 2.24) is 14.9 Å². The largest absolute Gasteiger partial charge is 0.389 e.